The van der Waals surface area contributed by atoms with Gasteiger partial charge in [0.2, 0.25) is 0 Å². The number of nitrogens with one attached hydrogen (secondary N) is 1. The molecular formula is C49H32N2S. The molecule has 0 spiro atoms. The van der Waals surface area contributed by atoms with E-state index in [9.17, 15) is 0 Å². The smallest absolute Gasteiger partial charge is 0.0555 e. The van der Waals surface area contributed by atoms with Gasteiger partial charge in [-0.1, -0.05) is 133 Å². The summed E-state index contributed by atoms with van der Waals surface area (Å²) in [5, 5.41) is 13.7. The van der Waals surface area contributed by atoms with Crippen LogP contribution in [0.4, 0.5) is 0 Å². The molecule has 0 unspecified atom stereocenters. The number of aromatic nitrogens is 1. The Morgan fingerprint density at radius 3 is 1.88 bits per heavy atom. The van der Waals surface area contributed by atoms with Crippen LogP contribution in [0.3, 0.4) is 0 Å². The first-order valence-corrected chi connectivity index (χ1v) is 18.4. The molecule has 0 radical (unpaired) electrons. The molecule has 244 valence electrons. The predicted octanol–water partition coefficient (Wildman–Crippen LogP) is 13.8. The second-order valence-corrected chi connectivity index (χ2v) is 14.4. The molecule has 2 heterocycles. The van der Waals surface area contributed by atoms with Gasteiger partial charge in [0.25, 0.3) is 0 Å². The zero-order valence-electron chi connectivity index (χ0n) is 28.3. The van der Waals surface area contributed by atoms with Crippen molar-refractivity contribution in [3.8, 4) is 50.2 Å². The maximum absolute atomic E-state index is 8.68. The van der Waals surface area contributed by atoms with Gasteiger partial charge in [-0.25, -0.2) is 0 Å². The van der Waals surface area contributed by atoms with Crippen molar-refractivity contribution in [2.75, 3.05) is 0 Å². The lowest BCUT2D eigenvalue weighted by Crippen LogP contribution is -1.93. The van der Waals surface area contributed by atoms with E-state index in [1.165, 1.54) is 70.4 Å². The Morgan fingerprint density at radius 1 is 0.404 bits per heavy atom. The van der Waals surface area contributed by atoms with Crippen LogP contribution in [0.25, 0.3) is 92.2 Å². The van der Waals surface area contributed by atoms with Crippen LogP contribution in [0.5, 0.6) is 0 Å². The Kier molecular flexibility index (Phi) is 7.19. The zero-order valence-corrected chi connectivity index (χ0v) is 29.1. The number of nitrogens with zero attached hydrogens (tertiary/aromatic N) is 1. The molecule has 1 N–H and O–H groups in total. The van der Waals surface area contributed by atoms with Gasteiger partial charge in [-0.05, 0) is 93.0 Å². The number of para-hydroxylation sites is 2. The fourth-order valence-electron chi connectivity index (χ4n) is 7.93. The van der Waals surface area contributed by atoms with Gasteiger partial charge in [0.15, 0.2) is 0 Å². The molecule has 2 nitrogen and oxygen atoms in total. The fraction of sp³-hybridized carbons (Fsp3) is 0. The Hall–Kier alpha value is -6.55. The molecule has 3 heteroatoms. The fourth-order valence-corrected chi connectivity index (χ4v) is 9.07. The molecule has 0 aliphatic heterocycles. The SMILES string of the molecule is N=Cc1cc(-c2cc(-c3ccccc3)ccc2-c2ccccc2)ccc1-c1cccc2sc3cc4c(cc3c12)c1ccccc1n4-c1ccccc1. The third-order valence-corrected chi connectivity index (χ3v) is 11.4. The van der Waals surface area contributed by atoms with Crippen LogP contribution in [0.15, 0.2) is 182 Å². The summed E-state index contributed by atoms with van der Waals surface area (Å²) in [6, 6.07) is 65.3. The van der Waals surface area contributed by atoms with Crippen molar-refractivity contribution in [1.82, 2.24) is 4.57 Å². The van der Waals surface area contributed by atoms with Crippen molar-refractivity contribution in [3.05, 3.63) is 188 Å². The lowest BCUT2D eigenvalue weighted by atomic mass is 9.88. The number of benzene rings is 8. The standard InChI is InChI=1S/C49H32N2S/c50-31-36-27-35(42-28-34(32-13-4-1-5-14-32)23-25-38(42)33-15-6-2-7-16-33)24-26-39(36)41-20-12-22-47-49(41)44-29-43-40-19-10-11-21-45(40)51(37-17-8-3-9-18-37)46(43)30-48(44)52-47/h1-31,50H. The van der Waals surface area contributed by atoms with E-state index in [1.54, 1.807) is 0 Å². The molecule has 52 heavy (non-hydrogen) atoms. The average molecular weight is 681 g/mol. The molecule has 10 aromatic rings. The first-order valence-electron chi connectivity index (χ1n) is 17.6. The summed E-state index contributed by atoms with van der Waals surface area (Å²) < 4.78 is 4.89. The monoisotopic (exact) mass is 680 g/mol. The van der Waals surface area contributed by atoms with E-state index in [0.717, 1.165) is 33.5 Å². The molecule has 0 atom stereocenters. The van der Waals surface area contributed by atoms with E-state index in [1.807, 2.05) is 11.3 Å². The van der Waals surface area contributed by atoms with Crippen molar-refractivity contribution < 1.29 is 0 Å². The Balaban J connectivity index is 1.17. The van der Waals surface area contributed by atoms with Crippen LogP contribution in [-0.2, 0) is 0 Å². The number of thiophene rings is 1. The average Bonchev–Trinajstić information content (AvgIpc) is 3.75. The van der Waals surface area contributed by atoms with Gasteiger partial charge in [0.1, 0.15) is 0 Å². The van der Waals surface area contributed by atoms with Gasteiger partial charge < -0.3 is 9.98 Å². The summed E-state index contributed by atoms with van der Waals surface area (Å²) in [6.45, 7) is 0. The van der Waals surface area contributed by atoms with E-state index in [0.29, 0.717) is 0 Å². The van der Waals surface area contributed by atoms with E-state index in [4.69, 9.17) is 5.41 Å². The topological polar surface area (TPSA) is 28.8 Å². The highest BCUT2D eigenvalue weighted by molar-refractivity contribution is 7.26. The second-order valence-electron chi connectivity index (χ2n) is 13.3. The molecule has 8 aromatic carbocycles. The molecule has 0 aliphatic carbocycles. The van der Waals surface area contributed by atoms with Gasteiger partial charge in [0, 0.05) is 48.4 Å². The van der Waals surface area contributed by atoms with Crippen LogP contribution in [0, 0.1) is 5.41 Å². The summed E-state index contributed by atoms with van der Waals surface area (Å²) >= 11 is 1.84. The minimum Gasteiger partial charge on any atom is -0.309 e. The molecule has 0 amide bonds. The number of fused-ring (bicyclic) bond motifs is 6. The zero-order chi connectivity index (χ0) is 34.6. The Labute approximate surface area is 306 Å². The summed E-state index contributed by atoms with van der Waals surface area (Å²) in [5.41, 5.74) is 13.6. The minimum absolute atomic E-state index is 0.898. The highest BCUT2D eigenvalue weighted by Crippen LogP contribution is 2.45. The molecule has 0 bridgehead atoms. The number of hydrogen-bond acceptors (Lipinski definition) is 2. The molecule has 0 saturated heterocycles. The second kappa shape index (κ2) is 12.3. The van der Waals surface area contributed by atoms with Crippen molar-refractivity contribution in [3.63, 3.8) is 0 Å². The first-order chi connectivity index (χ1) is 25.7. The van der Waals surface area contributed by atoms with Crippen LogP contribution >= 0.6 is 11.3 Å². The third-order valence-electron chi connectivity index (χ3n) is 10.3. The molecular weight excluding hydrogens is 649 g/mol. The van der Waals surface area contributed by atoms with Crippen LogP contribution in [0.2, 0.25) is 0 Å². The molecule has 2 aromatic heterocycles. The van der Waals surface area contributed by atoms with E-state index in [-0.39, 0.29) is 0 Å². The predicted molar refractivity (Wildman–Crippen MR) is 223 cm³/mol. The van der Waals surface area contributed by atoms with Crippen molar-refractivity contribution >= 4 is 59.5 Å². The Morgan fingerprint density at radius 2 is 1.10 bits per heavy atom. The van der Waals surface area contributed by atoms with Crippen LogP contribution in [0.1, 0.15) is 5.56 Å². The van der Waals surface area contributed by atoms with Crippen molar-refractivity contribution in [1.29, 1.82) is 5.41 Å². The highest BCUT2D eigenvalue weighted by Gasteiger charge is 2.19. The molecule has 0 saturated carbocycles. The van der Waals surface area contributed by atoms with Gasteiger partial charge in [-0.15, -0.1) is 11.3 Å². The lowest BCUT2D eigenvalue weighted by Gasteiger charge is -2.16. The number of hydrogen-bond donors (Lipinski definition) is 1. The minimum atomic E-state index is 0.898. The van der Waals surface area contributed by atoms with Crippen molar-refractivity contribution in [2.24, 2.45) is 0 Å². The van der Waals surface area contributed by atoms with E-state index < -0.39 is 0 Å². The largest absolute Gasteiger partial charge is 0.309 e. The molecule has 0 fully saturated rings. The van der Waals surface area contributed by atoms with Crippen molar-refractivity contribution in [2.45, 2.75) is 0 Å². The van der Waals surface area contributed by atoms with Gasteiger partial charge in [0.05, 0.1) is 11.0 Å². The van der Waals surface area contributed by atoms with Gasteiger partial charge >= 0.3 is 0 Å². The third kappa shape index (κ3) is 4.90. The van der Waals surface area contributed by atoms with E-state index >= 15 is 0 Å². The summed E-state index contributed by atoms with van der Waals surface area (Å²) in [6.07, 6.45) is 1.52. The summed E-state index contributed by atoms with van der Waals surface area (Å²) in [5.74, 6) is 0. The van der Waals surface area contributed by atoms with Gasteiger partial charge in [-0.2, -0.15) is 0 Å². The maximum Gasteiger partial charge on any atom is 0.0555 e. The lowest BCUT2D eigenvalue weighted by molar-refractivity contribution is 1.18. The molecule has 0 aliphatic rings. The number of rotatable bonds is 6. The maximum atomic E-state index is 8.68. The highest BCUT2D eigenvalue weighted by atomic mass is 32.1. The van der Waals surface area contributed by atoms with Crippen LogP contribution in [-0.4, -0.2) is 10.8 Å². The van der Waals surface area contributed by atoms with Crippen LogP contribution < -0.4 is 0 Å². The van der Waals surface area contributed by atoms with Gasteiger partial charge in [-0.3, -0.25) is 0 Å². The normalized spacial score (nSPS) is 11.5. The van der Waals surface area contributed by atoms with E-state index in [2.05, 4.69) is 187 Å². The first kappa shape index (κ1) is 30.3. The summed E-state index contributed by atoms with van der Waals surface area (Å²) in [7, 11) is 0. The summed E-state index contributed by atoms with van der Waals surface area (Å²) in [4.78, 5) is 0. The quantitative estimate of drug-likeness (QED) is 0.169. The Bertz CT molecular complexity index is 2950. The molecule has 10 rings (SSSR count).